The summed E-state index contributed by atoms with van der Waals surface area (Å²) in [5, 5.41) is 13.7. The molecule has 1 spiro atoms. The van der Waals surface area contributed by atoms with Crippen molar-refractivity contribution in [1.29, 1.82) is 0 Å². The van der Waals surface area contributed by atoms with Crippen molar-refractivity contribution >= 4 is 23.5 Å². The van der Waals surface area contributed by atoms with Crippen molar-refractivity contribution < 1.29 is 33.8 Å². The molecule has 11 heteroatoms. The van der Waals surface area contributed by atoms with E-state index in [1.54, 1.807) is 12.1 Å². The van der Waals surface area contributed by atoms with E-state index in [4.69, 9.17) is 14.3 Å². The van der Waals surface area contributed by atoms with Gasteiger partial charge in [-0.05, 0) is 78.5 Å². The van der Waals surface area contributed by atoms with Crippen molar-refractivity contribution in [2.24, 2.45) is 5.92 Å². The molecular weight excluding hydrogens is 769 g/mol. The van der Waals surface area contributed by atoms with Crippen LogP contribution in [0.5, 0.6) is 5.75 Å². The predicted octanol–water partition coefficient (Wildman–Crippen LogP) is 6.26. The molecule has 5 aromatic rings. The number of carbonyl (C=O) groups excluding carboxylic acids is 3. The lowest BCUT2D eigenvalue weighted by molar-refractivity contribution is -0.187. The summed E-state index contributed by atoms with van der Waals surface area (Å²) < 4.78 is 12.2. The quantitative estimate of drug-likeness (QED) is 0.0854. The molecule has 0 radical (unpaired) electrons. The van der Waals surface area contributed by atoms with Crippen molar-refractivity contribution in [1.82, 2.24) is 14.9 Å². The lowest BCUT2D eigenvalue weighted by atomic mass is 9.65. The van der Waals surface area contributed by atoms with Gasteiger partial charge in [0.15, 0.2) is 0 Å². The van der Waals surface area contributed by atoms with E-state index in [0.29, 0.717) is 34.7 Å². The molecule has 0 aliphatic carbocycles. The highest BCUT2D eigenvalue weighted by molar-refractivity contribution is 6.12. The van der Waals surface area contributed by atoms with E-state index < -0.39 is 53.3 Å². The Labute approximate surface area is 356 Å². The van der Waals surface area contributed by atoms with Crippen LogP contribution >= 0.6 is 0 Å². The highest BCUT2D eigenvalue weighted by Gasteiger charge is 2.74. The van der Waals surface area contributed by atoms with E-state index in [0.717, 1.165) is 22.6 Å². The maximum absolute atomic E-state index is 15.4. The van der Waals surface area contributed by atoms with Crippen LogP contribution in [-0.4, -0.2) is 90.8 Å². The number of carbonyl (C=O) groups is 3. The smallest absolute Gasteiger partial charge is 0.324 e. The number of rotatable bonds is 12. The molecule has 3 heterocycles. The third-order valence-electron chi connectivity index (χ3n) is 12.4. The number of morpholine rings is 1. The van der Waals surface area contributed by atoms with E-state index in [2.05, 4.69) is 48.2 Å². The van der Waals surface area contributed by atoms with Gasteiger partial charge >= 0.3 is 5.97 Å². The van der Waals surface area contributed by atoms with Crippen LogP contribution in [0.4, 0.5) is 5.69 Å². The summed E-state index contributed by atoms with van der Waals surface area (Å²) in [6, 6.07) is 40.0. The number of cyclic esters (lactones) is 1. The van der Waals surface area contributed by atoms with E-state index in [-0.39, 0.29) is 19.3 Å². The zero-order valence-corrected chi connectivity index (χ0v) is 34.7. The number of benzene rings is 5. The molecule has 11 nitrogen and oxygen atoms in total. The number of fused-ring (bicyclic) bond motifs is 3. The van der Waals surface area contributed by atoms with Crippen LogP contribution in [0.1, 0.15) is 58.5 Å². The van der Waals surface area contributed by atoms with E-state index in [1.165, 1.54) is 19.7 Å². The molecule has 312 valence electrons. The Kier molecular flexibility index (Phi) is 12.1. The molecule has 2 saturated heterocycles. The van der Waals surface area contributed by atoms with Gasteiger partial charge in [-0.2, -0.15) is 0 Å². The minimum Gasteiger partial charge on any atom is -0.491 e. The summed E-state index contributed by atoms with van der Waals surface area (Å²) in [5.41, 5.74) is 3.58. The Balaban J connectivity index is 1.31. The summed E-state index contributed by atoms with van der Waals surface area (Å²) in [4.78, 5) is 55.1. The van der Waals surface area contributed by atoms with E-state index in [1.807, 2.05) is 114 Å². The van der Waals surface area contributed by atoms with Crippen LogP contribution in [0.25, 0.3) is 0 Å². The Morgan fingerprint density at radius 1 is 0.869 bits per heavy atom. The molecule has 2 fully saturated rings. The van der Waals surface area contributed by atoms with Gasteiger partial charge in [0.2, 0.25) is 5.91 Å². The van der Waals surface area contributed by atoms with Gasteiger partial charge in [-0.3, -0.25) is 29.0 Å². The number of aliphatic hydroxyl groups excluding tert-OH is 1. The summed E-state index contributed by atoms with van der Waals surface area (Å²) in [6.07, 6.45) is 0.0837. The van der Waals surface area contributed by atoms with Crippen molar-refractivity contribution in [3.8, 4) is 17.6 Å². The number of anilines is 1. The molecule has 3 aliphatic rings. The molecule has 0 aromatic heterocycles. The van der Waals surface area contributed by atoms with Gasteiger partial charge in [0.25, 0.3) is 5.91 Å². The fraction of sp³-hybridized carbons (Fsp3) is 0.300. The van der Waals surface area contributed by atoms with Crippen LogP contribution in [0.3, 0.4) is 0 Å². The molecule has 0 bridgehead atoms. The molecule has 7 atom stereocenters. The number of esters is 1. The normalized spacial score (nSPS) is 23.3. The highest BCUT2D eigenvalue weighted by atomic mass is 16.7. The number of nitrogens with one attached hydrogen (secondary N) is 1. The number of nitrogens with zero attached hydrogens (tertiary/aromatic N) is 3. The largest absolute Gasteiger partial charge is 0.491 e. The maximum Gasteiger partial charge on any atom is 0.324 e. The first-order chi connectivity index (χ1) is 29.7. The molecule has 3 aliphatic heterocycles. The van der Waals surface area contributed by atoms with E-state index in [9.17, 15) is 9.90 Å². The average Bonchev–Trinajstić information content (AvgIpc) is 3.77. The summed E-state index contributed by atoms with van der Waals surface area (Å²) in [6.45, 7) is 2.62. The monoisotopic (exact) mass is 818 g/mol. The van der Waals surface area contributed by atoms with Gasteiger partial charge in [-0.1, -0.05) is 115 Å². The number of ether oxygens (including phenoxy) is 2. The van der Waals surface area contributed by atoms with Crippen LogP contribution in [-0.2, 0) is 35.8 Å². The van der Waals surface area contributed by atoms with E-state index >= 15 is 9.59 Å². The summed E-state index contributed by atoms with van der Waals surface area (Å²) >= 11 is 0. The third kappa shape index (κ3) is 7.68. The molecule has 8 rings (SSSR count). The molecule has 0 saturated carbocycles. The van der Waals surface area contributed by atoms with Gasteiger partial charge in [0, 0.05) is 24.3 Å². The number of hydrogen-bond donors (Lipinski definition) is 2. The Morgan fingerprint density at radius 2 is 1.52 bits per heavy atom. The molecule has 2 amide bonds. The second kappa shape index (κ2) is 17.7. The Bertz CT molecular complexity index is 2420. The minimum absolute atomic E-state index is 0.100. The van der Waals surface area contributed by atoms with Crippen LogP contribution in [0.15, 0.2) is 133 Å². The zero-order chi connectivity index (χ0) is 42.7. The fourth-order valence-electron chi connectivity index (χ4n) is 9.38. The number of hydroxylamine groups is 2. The van der Waals surface area contributed by atoms with Gasteiger partial charge in [-0.15, -0.1) is 0 Å². The second-order valence-electron chi connectivity index (χ2n) is 15.9. The number of aliphatic hydroxyl groups is 1. The van der Waals surface area contributed by atoms with Crippen LogP contribution in [0.2, 0.25) is 0 Å². The fourth-order valence-corrected chi connectivity index (χ4v) is 9.38. The van der Waals surface area contributed by atoms with Crippen molar-refractivity contribution in [3.63, 3.8) is 0 Å². The molecule has 5 aromatic carbocycles. The predicted molar refractivity (Wildman–Crippen MR) is 231 cm³/mol. The van der Waals surface area contributed by atoms with Gasteiger partial charge in [0.1, 0.15) is 29.9 Å². The van der Waals surface area contributed by atoms with Crippen molar-refractivity contribution in [3.05, 3.63) is 167 Å². The van der Waals surface area contributed by atoms with Crippen LogP contribution < -0.4 is 10.1 Å². The second-order valence-corrected chi connectivity index (χ2v) is 15.9. The Hall–Kier alpha value is -6.29. The lowest BCUT2D eigenvalue weighted by Gasteiger charge is -2.46. The summed E-state index contributed by atoms with van der Waals surface area (Å²) in [5.74, 6) is 4.29. The first kappa shape index (κ1) is 41.4. The van der Waals surface area contributed by atoms with Crippen molar-refractivity contribution in [2.45, 2.75) is 49.0 Å². The number of amides is 2. The van der Waals surface area contributed by atoms with Crippen molar-refractivity contribution in [2.75, 3.05) is 46.3 Å². The van der Waals surface area contributed by atoms with Crippen LogP contribution in [0, 0.1) is 17.8 Å². The number of hydrogen-bond acceptors (Lipinski definition) is 9. The summed E-state index contributed by atoms with van der Waals surface area (Å²) in [7, 11) is 4.92. The SMILES string of the molecule is CON(C)C(=O)[C@H]1C2C(=O)O[C@@H](c3ccccc3)[C@@H](c3ccccc3)N2[C@@H](c2ccc(OCCO)cc2)[C@]12C(=O)Nc1ccc(C#CCN(C)[C@H](C)Cc3ccccc3)cc12. The molecule has 61 heavy (non-hydrogen) atoms. The zero-order valence-electron chi connectivity index (χ0n) is 34.7. The standard InChI is InChI=1S/C50H50N4O7/c1-33(31-34-15-8-5-9-16-34)52(2)28-14-17-35-22-27-41-40(32-35)50(49(58)51-41)42(47(56)53(3)59-4)44-48(57)61-45(37-20-12-7-13-21-37)43(36-18-10-6-11-19-36)54(44)46(50)38-23-25-39(26-24-38)60-30-29-55/h5-13,15-16,18-27,32-33,42-46,55H,28-31H2,1-4H3,(H,51,58)/t33-,42-,43-,44?,45+,46+,50-/m1/s1. The third-order valence-corrected chi connectivity index (χ3v) is 12.4. The van der Waals surface area contributed by atoms with Gasteiger partial charge in [-0.25, -0.2) is 5.06 Å². The number of likely N-dealkylation sites (N-methyl/N-ethyl adjacent to an activating group) is 1. The first-order valence-electron chi connectivity index (χ1n) is 20.6. The topological polar surface area (TPSA) is 121 Å². The minimum atomic E-state index is -1.69. The highest BCUT2D eigenvalue weighted by Crippen LogP contribution is 2.65. The molecule has 2 N–H and O–H groups in total. The maximum atomic E-state index is 15.4. The molecular formula is C50H50N4O7. The Morgan fingerprint density at radius 3 is 2.18 bits per heavy atom. The van der Waals surface area contributed by atoms with Gasteiger partial charge < -0.3 is 19.9 Å². The molecule has 1 unspecified atom stereocenters. The van der Waals surface area contributed by atoms with Gasteiger partial charge in [0.05, 0.1) is 38.3 Å². The lowest BCUT2D eigenvalue weighted by Crippen LogP contribution is -2.54. The first-order valence-corrected chi connectivity index (χ1v) is 20.6. The average molecular weight is 819 g/mol.